The third-order valence-corrected chi connectivity index (χ3v) is 7.25. The topological polar surface area (TPSA) is 64.4 Å². The van der Waals surface area contributed by atoms with Gasteiger partial charge in [0.05, 0.1) is 29.2 Å². The summed E-state index contributed by atoms with van der Waals surface area (Å²) >= 11 is 0. The Balaban J connectivity index is 1.79. The fourth-order valence-corrected chi connectivity index (χ4v) is 5.27. The van der Waals surface area contributed by atoms with Crippen LogP contribution in [0.4, 0.5) is 0 Å². The molecule has 0 N–H and O–H groups in total. The molecule has 35 heavy (non-hydrogen) atoms. The Hall–Kier alpha value is -2.99. The molecular formula is C29H37N3O3. The molecule has 1 amide bonds. The highest BCUT2D eigenvalue weighted by Gasteiger charge is 2.29. The molecule has 1 fully saturated rings. The summed E-state index contributed by atoms with van der Waals surface area (Å²) in [6, 6.07) is 15.0. The van der Waals surface area contributed by atoms with E-state index in [1.807, 2.05) is 60.4 Å². The van der Waals surface area contributed by atoms with Crippen LogP contribution in [0.15, 0.2) is 53.3 Å². The van der Waals surface area contributed by atoms with Crippen molar-refractivity contribution in [1.29, 1.82) is 0 Å². The van der Waals surface area contributed by atoms with Crippen LogP contribution >= 0.6 is 0 Å². The van der Waals surface area contributed by atoms with E-state index in [0.29, 0.717) is 48.6 Å². The van der Waals surface area contributed by atoms with Gasteiger partial charge in [0.2, 0.25) is 5.91 Å². The zero-order valence-electron chi connectivity index (χ0n) is 21.2. The summed E-state index contributed by atoms with van der Waals surface area (Å²) in [7, 11) is 1.65. The van der Waals surface area contributed by atoms with Crippen LogP contribution in [0.25, 0.3) is 16.6 Å². The summed E-state index contributed by atoms with van der Waals surface area (Å²) in [5.41, 5.74) is 2.42. The number of amides is 1. The first kappa shape index (κ1) is 25.1. The van der Waals surface area contributed by atoms with Crippen molar-refractivity contribution < 1.29 is 9.53 Å². The zero-order chi connectivity index (χ0) is 24.8. The molecule has 0 aliphatic heterocycles. The van der Waals surface area contributed by atoms with Gasteiger partial charge in [-0.2, -0.15) is 0 Å². The van der Waals surface area contributed by atoms with Gasteiger partial charge in [0.25, 0.3) is 5.56 Å². The number of fused-ring (bicyclic) bond motifs is 1. The van der Waals surface area contributed by atoms with E-state index in [-0.39, 0.29) is 17.5 Å². The first-order valence-corrected chi connectivity index (χ1v) is 12.9. The normalized spacial score (nSPS) is 14.9. The predicted molar refractivity (Wildman–Crippen MR) is 140 cm³/mol. The molecule has 1 saturated carbocycles. The van der Waals surface area contributed by atoms with E-state index in [1.54, 1.807) is 11.7 Å². The lowest BCUT2D eigenvalue weighted by Gasteiger charge is -2.32. The number of nitrogens with zero attached hydrogens (tertiary/aromatic N) is 3. The average Bonchev–Trinajstić information content (AvgIpc) is 3.40. The van der Waals surface area contributed by atoms with Gasteiger partial charge in [-0.25, -0.2) is 4.98 Å². The highest BCUT2D eigenvalue weighted by Crippen LogP contribution is 2.31. The number of carbonyl (C=O) groups is 1. The molecule has 1 aliphatic rings. The van der Waals surface area contributed by atoms with Crippen molar-refractivity contribution in [2.24, 2.45) is 5.92 Å². The van der Waals surface area contributed by atoms with Crippen molar-refractivity contribution in [1.82, 2.24) is 14.5 Å². The number of aromatic nitrogens is 2. The number of para-hydroxylation sites is 1. The number of hydrogen-bond acceptors (Lipinski definition) is 4. The van der Waals surface area contributed by atoms with Crippen LogP contribution in [0.3, 0.4) is 0 Å². The highest BCUT2D eigenvalue weighted by molar-refractivity contribution is 5.79. The monoisotopic (exact) mass is 475 g/mol. The molecule has 2 aromatic carbocycles. The SMILES string of the molecule is CCC(c1nc2ccccc2c(=O)n1-c1ccc(C)cc1)N(CCOC)C(=O)CCC1CCCC1. The second-order valence-electron chi connectivity index (χ2n) is 9.66. The Kier molecular flexibility index (Phi) is 8.34. The fraction of sp³-hybridized carbons (Fsp3) is 0.483. The summed E-state index contributed by atoms with van der Waals surface area (Å²) in [6.45, 7) is 4.98. The minimum Gasteiger partial charge on any atom is -0.383 e. The minimum atomic E-state index is -0.333. The first-order chi connectivity index (χ1) is 17.0. The summed E-state index contributed by atoms with van der Waals surface area (Å²) < 4.78 is 7.06. The molecule has 1 aliphatic carbocycles. The Morgan fingerprint density at radius 3 is 2.54 bits per heavy atom. The quantitative estimate of drug-likeness (QED) is 0.383. The summed E-state index contributed by atoms with van der Waals surface area (Å²) in [5, 5.41) is 0.572. The van der Waals surface area contributed by atoms with E-state index in [4.69, 9.17) is 9.72 Å². The number of benzene rings is 2. The van der Waals surface area contributed by atoms with Crippen LogP contribution in [0.5, 0.6) is 0 Å². The van der Waals surface area contributed by atoms with E-state index in [9.17, 15) is 9.59 Å². The fourth-order valence-electron chi connectivity index (χ4n) is 5.27. The van der Waals surface area contributed by atoms with Gasteiger partial charge in [-0.05, 0) is 49.9 Å². The van der Waals surface area contributed by atoms with E-state index >= 15 is 0 Å². The third kappa shape index (κ3) is 5.64. The molecule has 0 bridgehead atoms. The van der Waals surface area contributed by atoms with E-state index in [2.05, 4.69) is 6.92 Å². The maximum absolute atomic E-state index is 13.8. The smallest absolute Gasteiger partial charge is 0.266 e. The van der Waals surface area contributed by atoms with Gasteiger partial charge in [-0.1, -0.05) is 62.4 Å². The number of carbonyl (C=O) groups excluding carboxylic acids is 1. The maximum atomic E-state index is 13.8. The van der Waals surface area contributed by atoms with E-state index in [1.165, 1.54) is 25.7 Å². The van der Waals surface area contributed by atoms with E-state index < -0.39 is 0 Å². The molecule has 186 valence electrons. The second-order valence-corrected chi connectivity index (χ2v) is 9.66. The Morgan fingerprint density at radius 2 is 1.86 bits per heavy atom. The van der Waals surface area contributed by atoms with Gasteiger partial charge < -0.3 is 9.64 Å². The van der Waals surface area contributed by atoms with Crippen molar-refractivity contribution in [3.05, 3.63) is 70.3 Å². The zero-order valence-corrected chi connectivity index (χ0v) is 21.2. The highest BCUT2D eigenvalue weighted by atomic mass is 16.5. The number of hydrogen-bond donors (Lipinski definition) is 0. The molecule has 1 aromatic heterocycles. The molecule has 1 atom stereocenters. The predicted octanol–water partition coefficient (Wildman–Crippen LogP) is 5.59. The van der Waals surface area contributed by atoms with Gasteiger partial charge in [0, 0.05) is 20.1 Å². The third-order valence-electron chi connectivity index (χ3n) is 7.25. The molecular weight excluding hydrogens is 438 g/mol. The van der Waals surface area contributed by atoms with Gasteiger partial charge in [-0.15, -0.1) is 0 Å². The summed E-state index contributed by atoms with van der Waals surface area (Å²) in [6.07, 6.45) is 7.09. The summed E-state index contributed by atoms with van der Waals surface area (Å²) in [4.78, 5) is 34.2. The molecule has 1 unspecified atom stereocenters. The van der Waals surface area contributed by atoms with Crippen LogP contribution in [-0.2, 0) is 9.53 Å². The Labute approximate surface area is 207 Å². The Bertz CT molecular complexity index is 1200. The van der Waals surface area contributed by atoms with Crippen LogP contribution in [-0.4, -0.2) is 40.6 Å². The summed E-state index contributed by atoms with van der Waals surface area (Å²) in [5.74, 6) is 1.36. The molecule has 1 heterocycles. The number of ether oxygens (including phenoxy) is 1. The molecule has 0 radical (unpaired) electrons. The van der Waals surface area contributed by atoms with E-state index in [0.717, 1.165) is 17.7 Å². The van der Waals surface area contributed by atoms with Crippen LogP contribution in [0, 0.1) is 12.8 Å². The molecule has 6 heteroatoms. The minimum absolute atomic E-state index is 0.110. The Morgan fingerprint density at radius 1 is 1.14 bits per heavy atom. The molecule has 0 spiro atoms. The lowest BCUT2D eigenvalue weighted by Crippen LogP contribution is -2.40. The van der Waals surface area contributed by atoms with Crippen LogP contribution < -0.4 is 5.56 Å². The van der Waals surface area contributed by atoms with Crippen molar-refractivity contribution in [2.45, 2.75) is 64.8 Å². The first-order valence-electron chi connectivity index (χ1n) is 12.9. The lowest BCUT2D eigenvalue weighted by molar-refractivity contribution is -0.135. The van der Waals surface area contributed by atoms with Gasteiger partial charge in [-0.3, -0.25) is 14.2 Å². The average molecular weight is 476 g/mol. The number of rotatable bonds is 10. The van der Waals surface area contributed by atoms with Crippen molar-refractivity contribution in [3.63, 3.8) is 0 Å². The number of aryl methyl sites for hydroxylation is 1. The van der Waals surface area contributed by atoms with Gasteiger partial charge in [0.15, 0.2) is 0 Å². The maximum Gasteiger partial charge on any atom is 0.266 e. The second kappa shape index (κ2) is 11.6. The van der Waals surface area contributed by atoms with Crippen molar-refractivity contribution in [3.8, 4) is 5.69 Å². The molecule has 3 aromatic rings. The molecule has 4 rings (SSSR count). The van der Waals surface area contributed by atoms with Crippen molar-refractivity contribution in [2.75, 3.05) is 20.3 Å². The molecule has 6 nitrogen and oxygen atoms in total. The standard InChI is InChI=1S/C29H37N3O3/c1-4-26(31(19-20-35-3)27(33)18-15-22-9-5-6-10-22)28-30-25-12-8-7-11-24(25)29(34)32(28)23-16-13-21(2)14-17-23/h7-8,11-14,16-17,22,26H,4-6,9-10,15,18-20H2,1-3H3. The van der Waals surface area contributed by atoms with Crippen molar-refractivity contribution >= 4 is 16.8 Å². The van der Waals surface area contributed by atoms with Gasteiger partial charge in [0.1, 0.15) is 5.82 Å². The van der Waals surface area contributed by atoms with Crippen LogP contribution in [0.2, 0.25) is 0 Å². The number of methoxy groups -OCH3 is 1. The lowest BCUT2D eigenvalue weighted by atomic mass is 10.0. The molecule has 0 saturated heterocycles. The van der Waals surface area contributed by atoms with Gasteiger partial charge >= 0.3 is 0 Å². The van der Waals surface area contributed by atoms with Crippen LogP contribution in [0.1, 0.15) is 69.3 Å². The largest absolute Gasteiger partial charge is 0.383 e.